The summed E-state index contributed by atoms with van der Waals surface area (Å²) in [4.78, 5) is 0. The molecule has 2 rings (SSSR count). The molecule has 22 heavy (non-hydrogen) atoms. The summed E-state index contributed by atoms with van der Waals surface area (Å²) in [6, 6.07) is 10.2. The zero-order chi connectivity index (χ0) is 16.4. The van der Waals surface area contributed by atoms with Gasteiger partial charge in [0.05, 0.1) is 4.34 Å². The number of hydrogen-bond donors (Lipinski definition) is 1. The molecule has 1 aromatic heterocycles. The van der Waals surface area contributed by atoms with Gasteiger partial charge < -0.3 is 4.74 Å². The molecular weight excluding hydrogens is 365 g/mol. The average molecular weight is 380 g/mol. The summed E-state index contributed by atoms with van der Waals surface area (Å²) >= 11 is 12.8. The van der Waals surface area contributed by atoms with Gasteiger partial charge >= 0.3 is 0 Å². The second kappa shape index (κ2) is 6.86. The molecule has 1 heterocycles. The van der Waals surface area contributed by atoms with Crippen molar-refractivity contribution in [2.24, 2.45) is 0 Å². The van der Waals surface area contributed by atoms with Crippen LogP contribution in [-0.2, 0) is 20.4 Å². The Morgan fingerprint density at radius 3 is 2.55 bits per heavy atom. The summed E-state index contributed by atoms with van der Waals surface area (Å²) < 4.78 is 33.2. The summed E-state index contributed by atoms with van der Waals surface area (Å²) in [5, 5.41) is 0.564. The maximum Gasteiger partial charge on any atom is 0.250 e. The third-order valence-corrected chi connectivity index (χ3v) is 6.66. The first kappa shape index (κ1) is 17.7. The van der Waals surface area contributed by atoms with Crippen molar-refractivity contribution in [2.75, 3.05) is 13.7 Å². The quantitative estimate of drug-likeness (QED) is 0.827. The minimum Gasteiger partial charge on any atom is -0.372 e. The third kappa shape index (κ3) is 4.01. The van der Waals surface area contributed by atoms with Gasteiger partial charge in [-0.2, -0.15) is 0 Å². The van der Waals surface area contributed by atoms with E-state index in [1.807, 2.05) is 6.07 Å². The van der Waals surface area contributed by atoms with Crippen molar-refractivity contribution in [3.63, 3.8) is 0 Å². The first-order chi connectivity index (χ1) is 10.3. The zero-order valence-electron chi connectivity index (χ0n) is 12.0. The molecule has 0 aliphatic carbocycles. The van der Waals surface area contributed by atoms with Gasteiger partial charge in [0.15, 0.2) is 0 Å². The van der Waals surface area contributed by atoms with E-state index in [2.05, 4.69) is 4.72 Å². The van der Waals surface area contributed by atoms with Crippen molar-refractivity contribution in [3.05, 3.63) is 51.3 Å². The van der Waals surface area contributed by atoms with Crippen LogP contribution >= 0.6 is 34.5 Å². The van der Waals surface area contributed by atoms with Gasteiger partial charge in [-0.1, -0.05) is 35.3 Å². The first-order valence-corrected chi connectivity index (χ1v) is 9.38. The molecule has 1 unspecified atom stereocenters. The highest BCUT2D eigenvalue weighted by molar-refractivity contribution is 7.91. The third-order valence-electron chi connectivity index (χ3n) is 3.30. The van der Waals surface area contributed by atoms with Crippen LogP contribution in [0.4, 0.5) is 0 Å². The van der Waals surface area contributed by atoms with E-state index in [1.54, 1.807) is 31.2 Å². The smallest absolute Gasteiger partial charge is 0.250 e. The second-order valence-corrected chi connectivity index (χ2v) is 8.97. The number of sulfonamides is 1. The van der Waals surface area contributed by atoms with Crippen LogP contribution in [0.25, 0.3) is 0 Å². The molecule has 0 amide bonds. The van der Waals surface area contributed by atoms with Crippen molar-refractivity contribution in [3.8, 4) is 0 Å². The fourth-order valence-electron chi connectivity index (χ4n) is 1.86. The van der Waals surface area contributed by atoms with E-state index in [9.17, 15) is 8.42 Å². The van der Waals surface area contributed by atoms with Crippen molar-refractivity contribution in [2.45, 2.75) is 16.7 Å². The molecule has 0 saturated carbocycles. The monoisotopic (exact) mass is 379 g/mol. The van der Waals surface area contributed by atoms with Crippen LogP contribution < -0.4 is 4.72 Å². The van der Waals surface area contributed by atoms with Gasteiger partial charge in [0.25, 0.3) is 0 Å². The lowest BCUT2D eigenvalue weighted by Crippen LogP contribution is -2.39. The van der Waals surface area contributed by atoms with Gasteiger partial charge in [-0.3, -0.25) is 0 Å². The normalized spacial score (nSPS) is 14.7. The van der Waals surface area contributed by atoms with Gasteiger partial charge in [-0.15, -0.1) is 11.3 Å². The molecule has 1 atom stereocenters. The van der Waals surface area contributed by atoms with Crippen LogP contribution in [0.3, 0.4) is 0 Å². The Bertz CT molecular complexity index is 761. The molecule has 0 aliphatic rings. The molecule has 0 spiro atoms. The fraction of sp³-hybridized carbons (Fsp3) is 0.286. The Morgan fingerprint density at radius 1 is 1.27 bits per heavy atom. The van der Waals surface area contributed by atoms with Crippen molar-refractivity contribution >= 4 is 44.6 Å². The highest BCUT2D eigenvalue weighted by Crippen LogP contribution is 2.28. The molecule has 0 radical (unpaired) electrons. The van der Waals surface area contributed by atoms with E-state index in [-0.39, 0.29) is 10.8 Å². The van der Waals surface area contributed by atoms with Crippen LogP contribution in [0.15, 0.2) is 40.6 Å². The lowest BCUT2D eigenvalue weighted by Gasteiger charge is -2.29. The van der Waals surface area contributed by atoms with Crippen LogP contribution in [0.2, 0.25) is 9.36 Å². The molecule has 120 valence electrons. The molecule has 1 aromatic carbocycles. The average Bonchev–Trinajstić information content (AvgIpc) is 2.92. The molecule has 0 fully saturated rings. The molecule has 8 heteroatoms. The van der Waals surface area contributed by atoms with Gasteiger partial charge in [-0.25, -0.2) is 13.1 Å². The minimum atomic E-state index is -3.63. The minimum absolute atomic E-state index is 0.0711. The maximum atomic E-state index is 12.3. The maximum absolute atomic E-state index is 12.3. The number of halogens is 2. The van der Waals surface area contributed by atoms with E-state index in [1.165, 1.54) is 13.2 Å². The van der Waals surface area contributed by atoms with Crippen molar-refractivity contribution in [1.82, 2.24) is 4.72 Å². The van der Waals surface area contributed by atoms with Gasteiger partial charge in [-0.05, 0) is 36.8 Å². The Labute approximate surface area is 144 Å². The van der Waals surface area contributed by atoms with E-state index >= 15 is 0 Å². The van der Waals surface area contributed by atoms with Gasteiger partial charge in [0.1, 0.15) is 9.81 Å². The number of thiophene rings is 1. The summed E-state index contributed by atoms with van der Waals surface area (Å²) in [6.07, 6.45) is 0. The highest BCUT2D eigenvalue weighted by Gasteiger charge is 2.29. The standard InChI is InChI=1S/C14H15Cl2NO3S2/c1-14(20-2,10-4-3-5-11(15)8-10)9-17-22(18,19)13-7-6-12(16)21-13/h3-8,17H,9H2,1-2H3. The lowest BCUT2D eigenvalue weighted by atomic mass is 9.96. The number of rotatable bonds is 6. The van der Waals surface area contributed by atoms with Gasteiger partial charge in [0.2, 0.25) is 10.0 Å². The zero-order valence-corrected chi connectivity index (χ0v) is 15.1. The van der Waals surface area contributed by atoms with E-state index < -0.39 is 15.6 Å². The Balaban J connectivity index is 2.20. The lowest BCUT2D eigenvalue weighted by molar-refractivity contribution is 0.00700. The summed E-state index contributed by atoms with van der Waals surface area (Å²) in [5.74, 6) is 0. The van der Waals surface area contributed by atoms with Crippen molar-refractivity contribution < 1.29 is 13.2 Å². The molecule has 0 bridgehead atoms. The topological polar surface area (TPSA) is 55.4 Å². The Kier molecular flexibility index (Phi) is 5.53. The fourth-order valence-corrected chi connectivity index (χ4v) is 4.70. The van der Waals surface area contributed by atoms with Crippen molar-refractivity contribution in [1.29, 1.82) is 0 Å². The highest BCUT2D eigenvalue weighted by atomic mass is 35.5. The van der Waals surface area contributed by atoms with Gasteiger partial charge in [0, 0.05) is 18.7 Å². The van der Waals surface area contributed by atoms with E-state index in [0.29, 0.717) is 9.36 Å². The predicted octanol–water partition coefficient (Wildman–Crippen LogP) is 3.90. The second-order valence-electron chi connectivity index (χ2n) is 4.83. The first-order valence-electron chi connectivity index (χ1n) is 6.33. The van der Waals surface area contributed by atoms with Crippen LogP contribution in [0.1, 0.15) is 12.5 Å². The summed E-state index contributed by atoms with van der Waals surface area (Å²) in [6.45, 7) is 1.87. The van der Waals surface area contributed by atoms with E-state index in [4.69, 9.17) is 27.9 Å². The number of benzene rings is 1. The number of ether oxygens (including phenoxy) is 1. The van der Waals surface area contributed by atoms with Crippen LogP contribution in [0, 0.1) is 0 Å². The van der Waals surface area contributed by atoms with E-state index in [0.717, 1.165) is 16.9 Å². The molecule has 4 nitrogen and oxygen atoms in total. The SMILES string of the molecule is COC(C)(CNS(=O)(=O)c1ccc(Cl)s1)c1cccc(Cl)c1. The molecule has 0 aliphatic heterocycles. The summed E-state index contributed by atoms with van der Waals surface area (Å²) in [5.41, 5.74) is -0.0478. The number of methoxy groups -OCH3 is 1. The van der Waals surface area contributed by atoms with Crippen LogP contribution in [0.5, 0.6) is 0 Å². The summed E-state index contributed by atoms with van der Waals surface area (Å²) in [7, 11) is -2.10. The number of hydrogen-bond acceptors (Lipinski definition) is 4. The largest absolute Gasteiger partial charge is 0.372 e. The molecule has 2 aromatic rings. The molecule has 1 N–H and O–H groups in total. The Hall–Kier alpha value is -0.630. The Morgan fingerprint density at radius 2 is 2.00 bits per heavy atom. The molecular formula is C14H15Cl2NO3S2. The predicted molar refractivity (Wildman–Crippen MR) is 90.3 cm³/mol. The number of nitrogens with one attached hydrogen (secondary N) is 1. The molecule has 0 saturated heterocycles. The van der Waals surface area contributed by atoms with Crippen LogP contribution in [-0.4, -0.2) is 22.1 Å².